The topological polar surface area (TPSA) is 79.0 Å². The molecule has 152 valence electrons. The van der Waals surface area contributed by atoms with E-state index in [1.807, 2.05) is 27.7 Å². The quantitative estimate of drug-likeness (QED) is 0.762. The first-order valence-corrected chi connectivity index (χ1v) is 10.9. The fourth-order valence-corrected chi connectivity index (χ4v) is 4.98. The molecule has 1 N–H and O–H groups in total. The van der Waals surface area contributed by atoms with Crippen molar-refractivity contribution in [1.29, 1.82) is 0 Å². The van der Waals surface area contributed by atoms with Crippen molar-refractivity contribution in [2.24, 2.45) is 0 Å². The highest BCUT2D eigenvalue weighted by molar-refractivity contribution is 7.89. The second kappa shape index (κ2) is 9.14. The first-order chi connectivity index (χ1) is 12.7. The van der Waals surface area contributed by atoms with Gasteiger partial charge in [-0.15, -0.1) is 0 Å². The maximum Gasteiger partial charge on any atom is 0.243 e. The van der Waals surface area contributed by atoms with Crippen LogP contribution >= 0.6 is 0 Å². The second-order valence-corrected chi connectivity index (χ2v) is 8.82. The number of hydrogen-bond acceptors (Lipinski definition) is 5. The summed E-state index contributed by atoms with van der Waals surface area (Å²) in [6, 6.07) is 4.70. The van der Waals surface area contributed by atoms with Crippen molar-refractivity contribution in [3.63, 3.8) is 0 Å². The lowest BCUT2D eigenvalue weighted by atomic mass is 10.2. The molecule has 0 saturated carbocycles. The summed E-state index contributed by atoms with van der Waals surface area (Å²) < 4.78 is 32.7. The third-order valence-corrected chi connectivity index (χ3v) is 7.17. The zero-order chi connectivity index (χ0) is 20.2. The van der Waals surface area contributed by atoms with Crippen molar-refractivity contribution in [2.45, 2.75) is 51.7 Å². The van der Waals surface area contributed by atoms with Crippen molar-refractivity contribution < 1.29 is 17.9 Å². The van der Waals surface area contributed by atoms with E-state index in [1.165, 1.54) is 4.31 Å². The maximum atomic E-state index is 12.9. The van der Waals surface area contributed by atoms with Gasteiger partial charge in [-0.3, -0.25) is 9.69 Å². The van der Waals surface area contributed by atoms with Gasteiger partial charge in [0, 0.05) is 31.9 Å². The Bertz CT molecular complexity index is 762. The molecule has 1 aliphatic heterocycles. The van der Waals surface area contributed by atoms with Gasteiger partial charge in [-0.05, 0) is 38.5 Å². The van der Waals surface area contributed by atoms with Crippen molar-refractivity contribution in [3.05, 3.63) is 23.8 Å². The van der Waals surface area contributed by atoms with Crippen molar-refractivity contribution in [1.82, 2.24) is 9.21 Å². The molecule has 1 heterocycles. The largest absolute Gasteiger partial charge is 0.376 e. The van der Waals surface area contributed by atoms with Gasteiger partial charge in [0.25, 0.3) is 0 Å². The van der Waals surface area contributed by atoms with Gasteiger partial charge in [-0.25, -0.2) is 8.42 Å². The number of aryl methyl sites for hydroxylation is 1. The Morgan fingerprint density at radius 1 is 1.37 bits per heavy atom. The third kappa shape index (κ3) is 5.07. The molecule has 1 amide bonds. The molecule has 2 rings (SSSR count). The fraction of sp³-hybridized carbons (Fsp3) is 0.632. The predicted molar refractivity (Wildman–Crippen MR) is 106 cm³/mol. The SMILES string of the molecule is CCN(CC)S(=O)(=O)c1cc(NC(=O)C(C)N2CCOC(C)C2)ccc1C. The number of anilines is 1. The summed E-state index contributed by atoms with van der Waals surface area (Å²) in [5.74, 6) is -0.154. The molecule has 1 fully saturated rings. The molecule has 0 aromatic heterocycles. The molecular weight excluding hydrogens is 366 g/mol. The zero-order valence-electron chi connectivity index (χ0n) is 16.9. The van der Waals surface area contributed by atoms with E-state index in [2.05, 4.69) is 10.2 Å². The fourth-order valence-electron chi connectivity index (χ4n) is 3.27. The summed E-state index contributed by atoms with van der Waals surface area (Å²) in [6.45, 7) is 12.0. The predicted octanol–water partition coefficient (Wildman–Crippen LogP) is 2.07. The van der Waals surface area contributed by atoms with E-state index in [0.717, 1.165) is 0 Å². The van der Waals surface area contributed by atoms with Crippen LogP contribution < -0.4 is 5.32 Å². The molecule has 2 unspecified atom stereocenters. The normalized spacial score (nSPS) is 19.9. The molecule has 1 saturated heterocycles. The molecule has 1 aromatic carbocycles. The number of rotatable bonds is 7. The number of hydrogen-bond donors (Lipinski definition) is 1. The van der Waals surface area contributed by atoms with Crippen LogP contribution in [0.15, 0.2) is 23.1 Å². The molecule has 0 aliphatic carbocycles. The number of nitrogens with zero attached hydrogens (tertiary/aromatic N) is 2. The lowest BCUT2D eigenvalue weighted by Crippen LogP contribution is -2.50. The van der Waals surface area contributed by atoms with Crippen LogP contribution in [0.25, 0.3) is 0 Å². The van der Waals surface area contributed by atoms with Crippen LogP contribution in [0.3, 0.4) is 0 Å². The van der Waals surface area contributed by atoms with E-state index in [0.29, 0.717) is 44.0 Å². The lowest BCUT2D eigenvalue weighted by molar-refractivity contribution is -0.123. The number of ether oxygens (including phenoxy) is 1. The Labute approximate surface area is 162 Å². The first kappa shape index (κ1) is 21.8. The van der Waals surface area contributed by atoms with Gasteiger partial charge in [0.05, 0.1) is 23.6 Å². The van der Waals surface area contributed by atoms with Crippen LogP contribution in [0.5, 0.6) is 0 Å². The van der Waals surface area contributed by atoms with E-state index in [1.54, 1.807) is 25.1 Å². The van der Waals surface area contributed by atoms with Gasteiger partial charge in [-0.2, -0.15) is 4.31 Å². The van der Waals surface area contributed by atoms with Crippen LogP contribution in [0.4, 0.5) is 5.69 Å². The summed E-state index contributed by atoms with van der Waals surface area (Å²) >= 11 is 0. The van der Waals surface area contributed by atoms with E-state index in [-0.39, 0.29) is 22.9 Å². The van der Waals surface area contributed by atoms with Crippen molar-refractivity contribution in [3.8, 4) is 0 Å². The van der Waals surface area contributed by atoms with Gasteiger partial charge in [0.2, 0.25) is 15.9 Å². The molecule has 2 atom stereocenters. The summed E-state index contributed by atoms with van der Waals surface area (Å²) in [7, 11) is -3.58. The standard InChI is InChI=1S/C19H31N3O4S/c1-6-22(7-2)27(24,25)18-12-17(9-8-14(18)3)20-19(23)16(5)21-10-11-26-15(4)13-21/h8-9,12,15-16H,6-7,10-11,13H2,1-5H3,(H,20,23). The minimum Gasteiger partial charge on any atom is -0.376 e. The molecular formula is C19H31N3O4S. The summed E-state index contributed by atoms with van der Waals surface area (Å²) in [5.41, 5.74) is 1.15. The van der Waals surface area contributed by atoms with Crippen molar-refractivity contribution >= 4 is 21.6 Å². The Hall–Kier alpha value is -1.48. The first-order valence-electron chi connectivity index (χ1n) is 9.48. The number of amides is 1. The molecule has 1 aliphatic rings. The number of sulfonamides is 1. The van der Waals surface area contributed by atoms with E-state index in [4.69, 9.17) is 4.74 Å². The monoisotopic (exact) mass is 397 g/mol. The van der Waals surface area contributed by atoms with Gasteiger partial charge in [0.1, 0.15) is 0 Å². The van der Waals surface area contributed by atoms with Gasteiger partial charge in [0.15, 0.2) is 0 Å². The van der Waals surface area contributed by atoms with Gasteiger partial charge >= 0.3 is 0 Å². The molecule has 8 heteroatoms. The van der Waals surface area contributed by atoms with Crippen molar-refractivity contribution in [2.75, 3.05) is 38.1 Å². The third-order valence-electron chi connectivity index (χ3n) is 4.98. The molecule has 0 radical (unpaired) electrons. The molecule has 0 spiro atoms. The van der Waals surface area contributed by atoms with Gasteiger partial charge in [-0.1, -0.05) is 19.9 Å². The second-order valence-electron chi connectivity index (χ2n) is 6.91. The number of carbonyl (C=O) groups is 1. The number of carbonyl (C=O) groups excluding carboxylic acids is 1. The average Bonchev–Trinajstić information content (AvgIpc) is 2.63. The number of benzene rings is 1. The highest BCUT2D eigenvalue weighted by atomic mass is 32.2. The Morgan fingerprint density at radius 3 is 2.63 bits per heavy atom. The van der Waals surface area contributed by atoms with E-state index < -0.39 is 10.0 Å². The smallest absolute Gasteiger partial charge is 0.243 e. The average molecular weight is 398 g/mol. The van der Waals surface area contributed by atoms with Crippen LogP contribution in [0.1, 0.15) is 33.3 Å². The van der Waals surface area contributed by atoms with Crippen LogP contribution in [0, 0.1) is 6.92 Å². The van der Waals surface area contributed by atoms with Crippen LogP contribution in [-0.2, 0) is 19.6 Å². The van der Waals surface area contributed by atoms with Crippen LogP contribution in [-0.4, -0.2) is 68.5 Å². The Morgan fingerprint density at radius 2 is 2.04 bits per heavy atom. The van der Waals surface area contributed by atoms with E-state index >= 15 is 0 Å². The molecule has 0 bridgehead atoms. The minimum absolute atomic E-state index is 0.0965. The Balaban J connectivity index is 2.19. The molecule has 7 nitrogen and oxygen atoms in total. The van der Waals surface area contributed by atoms with Crippen LogP contribution in [0.2, 0.25) is 0 Å². The summed E-state index contributed by atoms with van der Waals surface area (Å²) in [6.07, 6.45) is 0.0965. The highest BCUT2D eigenvalue weighted by Gasteiger charge is 2.27. The maximum absolute atomic E-state index is 12.9. The summed E-state index contributed by atoms with van der Waals surface area (Å²) in [5, 5.41) is 2.86. The molecule has 1 aromatic rings. The van der Waals surface area contributed by atoms with Gasteiger partial charge < -0.3 is 10.1 Å². The van der Waals surface area contributed by atoms with E-state index in [9.17, 15) is 13.2 Å². The highest BCUT2D eigenvalue weighted by Crippen LogP contribution is 2.24. The zero-order valence-corrected chi connectivity index (χ0v) is 17.7. The number of nitrogens with one attached hydrogen (secondary N) is 1. The lowest BCUT2D eigenvalue weighted by Gasteiger charge is -2.34. The minimum atomic E-state index is -3.58. The Kier molecular flexibility index (Phi) is 7.39. The number of morpholine rings is 1. The summed E-state index contributed by atoms with van der Waals surface area (Å²) in [4.78, 5) is 15.0. The molecule has 27 heavy (non-hydrogen) atoms.